The van der Waals surface area contributed by atoms with E-state index in [4.69, 9.17) is 9.68 Å². The van der Waals surface area contributed by atoms with Crippen LogP contribution in [0.3, 0.4) is 0 Å². The Hall–Kier alpha value is -1.40. The van der Waals surface area contributed by atoms with Crippen molar-refractivity contribution in [1.29, 1.82) is 0 Å². The van der Waals surface area contributed by atoms with Crippen molar-refractivity contribution in [3.63, 3.8) is 0 Å². The molecule has 116 valence electrons. The zero-order valence-corrected chi connectivity index (χ0v) is 15.0. The Morgan fingerprint density at radius 1 is 0.818 bits per heavy atom. The van der Waals surface area contributed by atoms with Crippen LogP contribution in [-0.2, 0) is 22.5 Å². The molecule has 0 saturated carbocycles. The van der Waals surface area contributed by atoms with Crippen molar-refractivity contribution in [3.05, 3.63) is 73.5 Å². The van der Waals surface area contributed by atoms with Gasteiger partial charge in [0.25, 0.3) is 0 Å². The molecule has 0 amide bonds. The highest BCUT2D eigenvalue weighted by atomic mass is 79.9. The molecule has 0 unspecified atom stereocenters. The number of halogens is 2. The molecule has 2 rings (SSSR count). The predicted octanol–water partition coefficient (Wildman–Crippen LogP) is 4.64. The summed E-state index contributed by atoms with van der Waals surface area (Å²) in [4.78, 5) is 21.4. The fraction of sp³-hybridized carbons (Fsp3) is 0.250. The first kappa shape index (κ1) is 17.0. The lowest BCUT2D eigenvalue weighted by Gasteiger charge is -2.00. The summed E-state index contributed by atoms with van der Waals surface area (Å²) in [6.45, 7) is 0.549. The summed E-state index contributed by atoms with van der Waals surface area (Å²) in [6.07, 6.45) is 1.29. The van der Waals surface area contributed by atoms with E-state index in [9.17, 15) is 4.91 Å². The van der Waals surface area contributed by atoms with Crippen molar-refractivity contribution < 1.29 is 14.8 Å². The second-order valence-corrected chi connectivity index (χ2v) is 6.48. The first-order valence-electron chi connectivity index (χ1n) is 6.85. The van der Waals surface area contributed by atoms with Gasteiger partial charge in [-0.1, -0.05) is 56.1 Å². The van der Waals surface area contributed by atoms with Crippen molar-refractivity contribution in [2.24, 2.45) is 0 Å². The summed E-state index contributed by atoms with van der Waals surface area (Å²) < 4.78 is 2.02. The first-order valence-corrected chi connectivity index (χ1v) is 8.44. The molecule has 0 bridgehead atoms. The normalized spacial score (nSPS) is 10.3. The Morgan fingerprint density at radius 3 is 1.68 bits per heavy atom. The van der Waals surface area contributed by atoms with E-state index >= 15 is 0 Å². The number of rotatable bonds is 8. The molecule has 2 aromatic rings. The van der Waals surface area contributed by atoms with Crippen LogP contribution in [0.5, 0.6) is 0 Å². The van der Waals surface area contributed by atoms with Crippen LogP contribution in [0.25, 0.3) is 0 Å². The summed E-state index contributed by atoms with van der Waals surface area (Å²) in [6, 6.07) is 15.8. The molecule has 0 atom stereocenters. The Bertz CT molecular complexity index is 581. The zero-order chi connectivity index (χ0) is 15.8. The van der Waals surface area contributed by atoms with Gasteiger partial charge in [0.2, 0.25) is 0 Å². The highest BCUT2D eigenvalue weighted by molar-refractivity contribution is 9.10. The molecule has 6 heteroatoms. The molecule has 0 heterocycles. The first-order chi connectivity index (χ1) is 10.6. The predicted molar refractivity (Wildman–Crippen MR) is 91.2 cm³/mol. The van der Waals surface area contributed by atoms with Crippen LogP contribution in [0.1, 0.15) is 11.1 Å². The summed E-state index contributed by atoms with van der Waals surface area (Å²) in [5.41, 5.74) is 2.19. The maximum atomic E-state index is 11.4. The number of hydrogen-bond donors (Lipinski definition) is 0. The second kappa shape index (κ2) is 8.90. The Kier molecular flexibility index (Phi) is 6.86. The van der Waals surface area contributed by atoms with Gasteiger partial charge in [0.05, 0.1) is 0 Å². The van der Waals surface area contributed by atoms with Crippen molar-refractivity contribution in [2.75, 3.05) is 13.2 Å². The molecule has 4 nitrogen and oxygen atoms in total. The van der Waals surface area contributed by atoms with Crippen LogP contribution < -0.4 is 0 Å². The molecule has 0 aliphatic rings. The van der Waals surface area contributed by atoms with Gasteiger partial charge >= 0.3 is 5.09 Å². The van der Waals surface area contributed by atoms with E-state index in [0.29, 0.717) is 12.8 Å². The van der Waals surface area contributed by atoms with E-state index in [1.165, 1.54) is 0 Å². The van der Waals surface area contributed by atoms with Gasteiger partial charge in [0.15, 0.2) is 13.2 Å². The van der Waals surface area contributed by atoms with Crippen LogP contribution in [0.15, 0.2) is 57.5 Å². The number of hydrogen-bond acceptors (Lipinski definition) is 3. The summed E-state index contributed by atoms with van der Waals surface area (Å²) in [5, 5.41) is 0.190. The van der Waals surface area contributed by atoms with E-state index < -0.39 is 0 Å². The minimum atomic E-state index is 0.190. The van der Waals surface area contributed by atoms with Crippen molar-refractivity contribution in [3.8, 4) is 0 Å². The summed E-state index contributed by atoms with van der Waals surface area (Å²) >= 11 is 6.81. The number of benzene rings is 2. The van der Waals surface area contributed by atoms with Crippen LogP contribution >= 0.6 is 31.9 Å². The lowest BCUT2D eigenvalue weighted by Crippen LogP contribution is -2.14. The van der Waals surface area contributed by atoms with Gasteiger partial charge in [0.1, 0.15) is 4.91 Å². The molecule has 0 spiro atoms. The molecule has 0 fully saturated rings. The van der Waals surface area contributed by atoms with Crippen LogP contribution in [0.4, 0.5) is 0 Å². The van der Waals surface area contributed by atoms with Gasteiger partial charge in [-0.3, -0.25) is 0 Å². The molecule has 0 radical (unpaired) electrons. The van der Waals surface area contributed by atoms with Crippen LogP contribution in [0.2, 0.25) is 0 Å². The quantitative estimate of drug-likeness (QED) is 0.573. The highest BCUT2D eigenvalue weighted by Crippen LogP contribution is 2.13. The third-order valence-corrected chi connectivity index (χ3v) is 3.94. The zero-order valence-electron chi connectivity index (χ0n) is 11.9. The molecule has 0 aromatic heterocycles. The standard InChI is InChI=1S/C16H16Br2NO3/c17-15-5-1-3-13(11-15)7-9-21-19(20)22-10-8-14-4-2-6-16(18)12-14/h1-6,11-12H,7-10H2/q+1. The highest BCUT2D eigenvalue weighted by Gasteiger charge is 2.12. The minimum Gasteiger partial charge on any atom is -0.186 e. The molecule has 22 heavy (non-hydrogen) atoms. The maximum Gasteiger partial charge on any atom is 0.477 e. The van der Waals surface area contributed by atoms with Gasteiger partial charge in [-0.25, -0.2) is 0 Å². The van der Waals surface area contributed by atoms with E-state index in [1.54, 1.807) is 0 Å². The Morgan fingerprint density at radius 2 is 1.27 bits per heavy atom. The van der Waals surface area contributed by atoms with Gasteiger partial charge in [-0.05, 0) is 35.4 Å². The molecular formula is C16H16Br2NO3+. The molecule has 2 aromatic carbocycles. The van der Waals surface area contributed by atoms with E-state index in [1.807, 2.05) is 48.5 Å². The molecule has 0 N–H and O–H groups in total. The van der Waals surface area contributed by atoms with Crippen LogP contribution in [-0.4, -0.2) is 18.3 Å². The van der Waals surface area contributed by atoms with Crippen molar-refractivity contribution >= 4 is 31.9 Å². The van der Waals surface area contributed by atoms with Crippen molar-refractivity contribution in [2.45, 2.75) is 12.8 Å². The lowest BCUT2D eigenvalue weighted by molar-refractivity contribution is -0.981. The Labute approximate surface area is 146 Å². The minimum absolute atomic E-state index is 0.190. The van der Waals surface area contributed by atoms with Gasteiger partial charge in [0, 0.05) is 21.8 Å². The third-order valence-electron chi connectivity index (χ3n) is 2.95. The van der Waals surface area contributed by atoms with E-state index in [2.05, 4.69) is 31.9 Å². The third kappa shape index (κ3) is 6.15. The maximum absolute atomic E-state index is 11.4. The fourth-order valence-electron chi connectivity index (χ4n) is 1.90. The number of nitrogens with zero attached hydrogens (tertiary/aromatic N) is 1. The monoisotopic (exact) mass is 428 g/mol. The van der Waals surface area contributed by atoms with E-state index in [-0.39, 0.29) is 18.3 Å². The largest absolute Gasteiger partial charge is 0.477 e. The topological polar surface area (TPSA) is 38.5 Å². The summed E-state index contributed by atoms with van der Waals surface area (Å²) in [7, 11) is 0. The molecular weight excluding hydrogens is 414 g/mol. The average Bonchev–Trinajstić information content (AvgIpc) is 2.47. The average molecular weight is 430 g/mol. The van der Waals surface area contributed by atoms with E-state index in [0.717, 1.165) is 20.1 Å². The fourth-order valence-corrected chi connectivity index (χ4v) is 2.79. The summed E-state index contributed by atoms with van der Waals surface area (Å²) in [5.74, 6) is 0. The molecule has 0 aliphatic heterocycles. The second-order valence-electron chi connectivity index (χ2n) is 4.65. The Balaban J connectivity index is 1.64. The van der Waals surface area contributed by atoms with Crippen molar-refractivity contribution in [1.82, 2.24) is 0 Å². The molecule has 0 saturated heterocycles. The van der Waals surface area contributed by atoms with Gasteiger partial charge in [-0.2, -0.15) is 9.68 Å². The smallest absolute Gasteiger partial charge is 0.186 e. The van der Waals surface area contributed by atoms with Gasteiger partial charge in [-0.15, -0.1) is 0 Å². The van der Waals surface area contributed by atoms with Crippen LogP contribution in [0, 0.1) is 4.91 Å². The lowest BCUT2D eigenvalue weighted by atomic mass is 10.2. The SMILES string of the molecule is O=[N+](OCCc1cccc(Br)c1)OCCc1cccc(Br)c1. The molecule has 0 aliphatic carbocycles. The van der Waals surface area contributed by atoms with Gasteiger partial charge < -0.3 is 0 Å².